The van der Waals surface area contributed by atoms with Gasteiger partial charge in [-0.25, -0.2) is 8.42 Å². The summed E-state index contributed by atoms with van der Waals surface area (Å²) in [6.45, 7) is 0.112. The van der Waals surface area contributed by atoms with Gasteiger partial charge in [0.25, 0.3) is 0 Å². The van der Waals surface area contributed by atoms with Crippen LogP contribution < -0.4 is 18.9 Å². The fraction of sp³-hybridized carbons (Fsp3) is 0.269. The maximum absolute atomic E-state index is 13.8. The molecular formula is C26H28N2O7S. The Bertz CT molecular complexity index is 1390. The Morgan fingerprint density at radius 3 is 1.86 bits per heavy atom. The van der Waals surface area contributed by atoms with Crippen molar-refractivity contribution in [2.45, 2.75) is 18.8 Å². The molecule has 190 valence electrons. The summed E-state index contributed by atoms with van der Waals surface area (Å²) in [5.41, 5.74) is 2.24. The molecule has 0 fully saturated rings. The van der Waals surface area contributed by atoms with Crippen LogP contribution in [0.25, 0.3) is 11.0 Å². The number of nitrogens with zero attached hydrogens (tertiary/aromatic N) is 2. The maximum Gasteiger partial charge on any atom is 0.220 e. The van der Waals surface area contributed by atoms with Gasteiger partial charge in [0.1, 0.15) is 34.4 Å². The third-order valence-electron chi connectivity index (χ3n) is 5.85. The van der Waals surface area contributed by atoms with E-state index in [2.05, 4.69) is 5.16 Å². The average molecular weight is 513 g/mol. The lowest BCUT2D eigenvalue weighted by Gasteiger charge is -2.24. The van der Waals surface area contributed by atoms with Crippen molar-refractivity contribution < 1.29 is 31.9 Å². The van der Waals surface area contributed by atoms with Gasteiger partial charge in [-0.1, -0.05) is 29.4 Å². The van der Waals surface area contributed by atoms with E-state index in [-0.39, 0.29) is 18.8 Å². The Labute approximate surface area is 210 Å². The minimum absolute atomic E-state index is 0.0560. The van der Waals surface area contributed by atoms with Gasteiger partial charge in [-0.15, -0.1) is 0 Å². The van der Waals surface area contributed by atoms with Gasteiger partial charge >= 0.3 is 0 Å². The number of rotatable bonds is 11. The number of aromatic nitrogens is 1. The van der Waals surface area contributed by atoms with Crippen LogP contribution in [0.15, 0.2) is 65.2 Å². The second kappa shape index (κ2) is 10.9. The molecule has 0 saturated carbocycles. The quantitative estimate of drug-likeness (QED) is 0.292. The van der Waals surface area contributed by atoms with Crippen molar-refractivity contribution in [3.05, 3.63) is 77.5 Å². The van der Waals surface area contributed by atoms with Gasteiger partial charge < -0.3 is 23.5 Å². The molecule has 0 amide bonds. The second-order valence-electron chi connectivity index (χ2n) is 8.01. The van der Waals surface area contributed by atoms with Crippen LogP contribution in [0.2, 0.25) is 0 Å². The van der Waals surface area contributed by atoms with Gasteiger partial charge in [0.05, 0.1) is 28.4 Å². The van der Waals surface area contributed by atoms with Crippen molar-refractivity contribution >= 4 is 21.0 Å². The molecule has 0 unspecified atom stereocenters. The SMILES string of the molecule is COc1ccc(CN(Cc2ccc(OC)cc2OC)S(=O)(=O)Cc2noc3ccccc23)c(OC)c1. The Morgan fingerprint density at radius 1 is 0.778 bits per heavy atom. The summed E-state index contributed by atoms with van der Waals surface area (Å²) in [4.78, 5) is 0. The Balaban J connectivity index is 1.73. The van der Waals surface area contributed by atoms with E-state index in [0.717, 1.165) is 0 Å². The maximum atomic E-state index is 13.8. The molecule has 10 heteroatoms. The molecule has 0 aliphatic heterocycles. The summed E-state index contributed by atoms with van der Waals surface area (Å²) in [6, 6.07) is 17.7. The van der Waals surface area contributed by atoms with E-state index in [1.807, 2.05) is 12.1 Å². The first-order valence-electron chi connectivity index (χ1n) is 11.1. The van der Waals surface area contributed by atoms with E-state index in [1.165, 1.54) is 18.5 Å². The van der Waals surface area contributed by atoms with Crippen LogP contribution in [-0.2, 0) is 28.9 Å². The molecule has 0 aliphatic carbocycles. The molecular weight excluding hydrogens is 484 g/mol. The van der Waals surface area contributed by atoms with Gasteiger partial charge in [0.2, 0.25) is 10.0 Å². The first kappa shape index (κ1) is 25.3. The number of hydrogen-bond acceptors (Lipinski definition) is 8. The smallest absolute Gasteiger partial charge is 0.220 e. The Hall–Kier alpha value is -3.76. The topological polar surface area (TPSA) is 100 Å². The van der Waals surface area contributed by atoms with Crippen molar-refractivity contribution in [1.82, 2.24) is 9.46 Å². The van der Waals surface area contributed by atoms with Gasteiger partial charge in [0.15, 0.2) is 5.58 Å². The molecule has 4 rings (SSSR count). The second-order valence-corrected chi connectivity index (χ2v) is 9.97. The van der Waals surface area contributed by atoms with Crippen LogP contribution in [0.1, 0.15) is 16.8 Å². The molecule has 0 spiro atoms. The molecule has 36 heavy (non-hydrogen) atoms. The third-order valence-corrected chi connectivity index (χ3v) is 7.53. The first-order valence-corrected chi connectivity index (χ1v) is 12.7. The monoisotopic (exact) mass is 512 g/mol. The molecule has 3 aromatic carbocycles. The van der Waals surface area contributed by atoms with E-state index in [1.54, 1.807) is 62.8 Å². The summed E-state index contributed by atoms with van der Waals surface area (Å²) in [6.07, 6.45) is 0. The minimum Gasteiger partial charge on any atom is -0.497 e. The molecule has 0 aliphatic rings. The number of para-hydroxylation sites is 1. The molecule has 4 aromatic rings. The van der Waals surface area contributed by atoms with Crippen LogP contribution in [-0.4, -0.2) is 46.3 Å². The Morgan fingerprint density at radius 2 is 1.33 bits per heavy atom. The summed E-state index contributed by atoms with van der Waals surface area (Å²) < 4.78 is 55.9. The standard InChI is InChI=1S/C26H28N2O7S/c1-31-20-11-9-18(25(13-20)33-3)15-28(16-19-10-12-21(32-2)14-26(19)34-4)36(29,30)17-23-22-7-5-6-8-24(22)35-27-23/h5-14H,15-17H2,1-4H3. The largest absolute Gasteiger partial charge is 0.497 e. The lowest BCUT2D eigenvalue weighted by Crippen LogP contribution is -2.31. The number of benzene rings is 3. The highest BCUT2D eigenvalue weighted by atomic mass is 32.2. The number of sulfonamides is 1. The van der Waals surface area contributed by atoms with Crippen molar-refractivity contribution in [2.24, 2.45) is 0 Å². The molecule has 0 radical (unpaired) electrons. The van der Waals surface area contributed by atoms with E-state index in [4.69, 9.17) is 23.5 Å². The van der Waals surface area contributed by atoms with E-state index in [0.29, 0.717) is 50.8 Å². The summed E-state index contributed by atoms with van der Waals surface area (Å²) in [5.74, 6) is 1.92. The predicted octanol–water partition coefficient (Wildman–Crippen LogP) is 4.39. The van der Waals surface area contributed by atoms with Crippen molar-refractivity contribution in [2.75, 3.05) is 28.4 Å². The molecule has 0 saturated heterocycles. The zero-order valence-corrected chi connectivity index (χ0v) is 21.4. The number of ether oxygens (including phenoxy) is 4. The van der Waals surface area contributed by atoms with Crippen LogP contribution in [0.3, 0.4) is 0 Å². The molecule has 9 nitrogen and oxygen atoms in total. The fourth-order valence-corrected chi connectivity index (χ4v) is 5.31. The number of hydrogen-bond donors (Lipinski definition) is 0. The van der Waals surface area contributed by atoms with Crippen molar-refractivity contribution in [1.29, 1.82) is 0 Å². The number of fused-ring (bicyclic) bond motifs is 1. The zero-order valence-electron chi connectivity index (χ0n) is 20.6. The van der Waals surface area contributed by atoms with Crippen LogP contribution >= 0.6 is 0 Å². The summed E-state index contributed by atoms with van der Waals surface area (Å²) in [5, 5.41) is 4.68. The zero-order chi connectivity index (χ0) is 25.7. The highest BCUT2D eigenvalue weighted by molar-refractivity contribution is 7.88. The lowest BCUT2D eigenvalue weighted by atomic mass is 10.1. The van der Waals surface area contributed by atoms with Gasteiger partial charge in [0, 0.05) is 41.7 Å². The van der Waals surface area contributed by atoms with E-state index >= 15 is 0 Å². The molecule has 1 heterocycles. The van der Waals surface area contributed by atoms with Crippen molar-refractivity contribution in [3.63, 3.8) is 0 Å². The van der Waals surface area contributed by atoms with Crippen LogP contribution in [0.5, 0.6) is 23.0 Å². The number of methoxy groups -OCH3 is 4. The van der Waals surface area contributed by atoms with Gasteiger partial charge in [-0.05, 0) is 24.3 Å². The lowest BCUT2D eigenvalue weighted by molar-refractivity contribution is 0.357. The first-order chi connectivity index (χ1) is 17.4. The summed E-state index contributed by atoms with van der Waals surface area (Å²) >= 11 is 0. The van der Waals surface area contributed by atoms with E-state index in [9.17, 15) is 8.42 Å². The normalized spacial score (nSPS) is 11.6. The fourth-order valence-electron chi connectivity index (χ4n) is 3.90. The molecule has 0 N–H and O–H groups in total. The third kappa shape index (κ3) is 5.39. The molecule has 0 atom stereocenters. The summed E-state index contributed by atoms with van der Waals surface area (Å²) in [7, 11) is 2.31. The highest BCUT2D eigenvalue weighted by Gasteiger charge is 2.28. The van der Waals surface area contributed by atoms with Crippen molar-refractivity contribution in [3.8, 4) is 23.0 Å². The molecule has 1 aromatic heterocycles. The minimum atomic E-state index is -3.88. The van der Waals surface area contributed by atoms with Crippen LogP contribution in [0.4, 0.5) is 0 Å². The molecule has 0 bridgehead atoms. The Kier molecular flexibility index (Phi) is 7.66. The predicted molar refractivity (Wildman–Crippen MR) is 135 cm³/mol. The van der Waals surface area contributed by atoms with Gasteiger partial charge in [-0.3, -0.25) is 0 Å². The van der Waals surface area contributed by atoms with Crippen LogP contribution in [0, 0.1) is 0 Å². The highest BCUT2D eigenvalue weighted by Crippen LogP contribution is 2.31. The van der Waals surface area contributed by atoms with E-state index < -0.39 is 10.0 Å². The van der Waals surface area contributed by atoms with Gasteiger partial charge in [-0.2, -0.15) is 4.31 Å². The average Bonchev–Trinajstić information content (AvgIpc) is 3.30.